The van der Waals surface area contributed by atoms with E-state index in [0.717, 1.165) is 0 Å². The molecule has 15 heavy (non-hydrogen) atoms. The Bertz CT molecular complexity index is 508. The maximum absolute atomic E-state index is 11.2. The third-order valence-electron chi connectivity index (χ3n) is 1.51. The zero-order valence-electron chi connectivity index (χ0n) is 7.37. The molecule has 0 aliphatic carbocycles. The normalized spacial score (nSPS) is 10.7. The number of nitriles is 1. The van der Waals surface area contributed by atoms with Crippen LogP contribution < -0.4 is 4.72 Å². The first-order valence-corrected chi connectivity index (χ1v) is 6.31. The molecule has 0 unspecified atom stereocenters. The van der Waals surface area contributed by atoms with Crippen LogP contribution in [0.3, 0.4) is 0 Å². The molecule has 0 aliphatic rings. The Morgan fingerprint density at radius 2 is 2.13 bits per heavy atom. The number of nitrogens with zero attached hydrogens (tertiary/aromatic N) is 1. The fraction of sp³-hybridized carbons (Fsp3) is 0.125. The molecule has 1 rings (SSSR count). The summed E-state index contributed by atoms with van der Waals surface area (Å²) >= 11 is 10.9. The molecule has 1 aromatic carbocycles. The molecule has 0 atom stereocenters. The largest absolute Gasteiger partial charge is 0.281 e. The van der Waals surface area contributed by atoms with Crippen LogP contribution in [-0.2, 0) is 10.0 Å². The number of halogens is 2. The van der Waals surface area contributed by atoms with Crippen molar-refractivity contribution in [3.8, 4) is 6.07 Å². The maximum Gasteiger partial charge on any atom is 0.246 e. The minimum Gasteiger partial charge on any atom is -0.281 e. The molecule has 0 amide bonds. The Morgan fingerprint density at radius 1 is 1.47 bits per heavy atom. The summed E-state index contributed by atoms with van der Waals surface area (Å²) in [6, 6.07) is 6.12. The average Bonchev–Trinajstić information content (AvgIpc) is 2.18. The fourth-order valence-corrected chi connectivity index (χ4v) is 1.79. The number of anilines is 1. The third-order valence-corrected chi connectivity index (χ3v) is 3.43. The van der Waals surface area contributed by atoms with Crippen LogP contribution in [0.1, 0.15) is 5.56 Å². The van der Waals surface area contributed by atoms with E-state index in [1.54, 1.807) is 0 Å². The first-order valence-electron chi connectivity index (χ1n) is 3.74. The average molecular weight is 265 g/mol. The van der Waals surface area contributed by atoms with E-state index in [9.17, 15) is 8.42 Å². The van der Waals surface area contributed by atoms with Crippen molar-refractivity contribution in [2.24, 2.45) is 0 Å². The number of benzene rings is 1. The van der Waals surface area contributed by atoms with Gasteiger partial charge in [0.1, 0.15) is 11.3 Å². The number of nitrogens with one attached hydrogen (secondary N) is 1. The van der Waals surface area contributed by atoms with Crippen molar-refractivity contribution in [2.75, 3.05) is 9.93 Å². The summed E-state index contributed by atoms with van der Waals surface area (Å²) in [5, 5.41) is 8.47. The quantitative estimate of drug-likeness (QED) is 0.851. The molecule has 1 N–H and O–H groups in total. The first kappa shape index (κ1) is 12.1. The predicted molar refractivity (Wildman–Crippen MR) is 59.4 cm³/mol. The van der Waals surface area contributed by atoms with Crippen molar-refractivity contribution < 1.29 is 8.42 Å². The number of alkyl halides is 1. The smallest absolute Gasteiger partial charge is 0.246 e. The molecule has 0 spiro atoms. The minimum absolute atomic E-state index is 0.130. The second kappa shape index (κ2) is 4.71. The Kier molecular flexibility index (Phi) is 3.80. The van der Waals surface area contributed by atoms with Gasteiger partial charge in [-0.25, -0.2) is 8.42 Å². The summed E-state index contributed by atoms with van der Waals surface area (Å²) in [5.41, 5.74) is 0.318. The van der Waals surface area contributed by atoms with Gasteiger partial charge < -0.3 is 0 Å². The van der Waals surface area contributed by atoms with E-state index in [-0.39, 0.29) is 11.3 Å². The molecule has 0 heterocycles. The van der Waals surface area contributed by atoms with Crippen molar-refractivity contribution in [1.29, 1.82) is 5.26 Å². The lowest BCUT2D eigenvalue weighted by Gasteiger charge is -2.06. The number of rotatable bonds is 3. The lowest BCUT2D eigenvalue weighted by molar-refractivity contribution is 0.605. The second-order valence-corrected chi connectivity index (χ2v) is 5.37. The van der Waals surface area contributed by atoms with Crippen molar-refractivity contribution in [1.82, 2.24) is 0 Å². The molecule has 0 saturated heterocycles. The van der Waals surface area contributed by atoms with Gasteiger partial charge in [-0.15, -0.1) is 11.6 Å². The molecular weight excluding hydrogens is 259 g/mol. The summed E-state index contributed by atoms with van der Waals surface area (Å²) in [7, 11) is -3.62. The Morgan fingerprint density at radius 3 is 2.67 bits per heavy atom. The minimum atomic E-state index is -3.62. The molecule has 1 aromatic rings. The molecule has 0 radical (unpaired) electrons. The Balaban J connectivity index is 3.15. The summed E-state index contributed by atoms with van der Waals surface area (Å²) < 4.78 is 24.5. The highest BCUT2D eigenvalue weighted by molar-refractivity contribution is 7.93. The molecule has 0 fully saturated rings. The monoisotopic (exact) mass is 264 g/mol. The van der Waals surface area contributed by atoms with Gasteiger partial charge in [0.2, 0.25) is 10.0 Å². The van der Waals surface area contributed by atoms with Crippen LogP contribution in [0.2, 0.25) is 5.02 Å². The van der Waals surface area contributed by atoms with E-state index in [0.29, 0.717) is 5.02 Å². The van der Waals surface area contributed by atoms with E-state index >= 15 is 0 Å². The van der Waals surface area contributed by atoms with Crippen molar-refractivity contribution in [3.63, 3.8) is 0 Å². The lowest BCUT2D eigenvalue weighted by Crippen LogP contribution is -2.14. The first-order chi connectivity index (χ1) is 6.98. The van der Waals surface area contributed by atoms with E-state index in [2.05, 4.69) is 4.72 Å². The Labute approximate surface area is 97.5 Å². The fourth-order valence-electron chi connectivity index (χ4n) is 0.893. The van der Waals surface area contributed by atoms with Crippen LogP contribution >= 0.6 is 23.2 Å². The highest BCUT2D eigenvalue weighted by Crippen LogP contribution is 2.21. The van der Waals surface area contributed by atoms with Crippen LogP contribution in [0, 0.1) is 11.3 Å². The van der Waals surface area contributed by atoms with Gasteiger partial charge in [0.05, 0.1) is 11.3 Å². The van der Waals surface area contributed by atoms with Crippen LogP contribution in [0.25, 0.3) is 0 Å². The van der Waals surface area contributed by atoms with Crippen LogP contribution in [0.5, 0.6) is 0 Å². The summed E-state index contributed by atoms with van der Waals surface area (Å²) in [5.74, 6) is 0. The predicted octanol–water partition coefficient (Wildman–Crippen LogP) is 2.15. The summed E-state index contributed by atoms with van der Waals surface area (Å²) in [6.45, 7) is 0. The third kappa shape index (κ3) is 3.27. The zero-order chi connectivity index (χ0) is 11.5. The van der Waals surface area contributed by atoms with Crippen LogP contribution in [0.4, 0.5) is 5.69 Å². The van der Waals surface area contributed by atoms with Crippen molar-refractivity contribution >= 4 is 38.9 Å². The van der Waals surface area contributed by atoms with E-state index in [4.69, 9.17) is 28.5 Å². The van der Waals surface area contributed by atoms with Crippen molar-refractivity contribution in [3.05, 3.63) is 28.8 Å². The van der Waals surface area contributed by atoms with Crippen molar-refractivity contribution in [2.45, 2.75) is 0 Å². The molecular formula is C8H6Cl2N2O2S. The van der Waals surface area contributed by atoms with Gasteiger partial charge in [0.25, 0.3) is 0 Å². The van der Waals surface area contributed by atoms with Gasteiger partial charge in [-0.1, -0.05) is 11.6 Å². The van der Waals surface area contributed by atoms with Crippen LogP contribution in [-0.4, -0.2) is 13.6 Å². The molecule has 80 valence electrons. The molecule has 0 aromatic heterocycles. The van der Waals surface area contributed by atoms with Gasteiger partial charge >= 0.3 is 0 Å². The Hall–Kier alpha value is -0.960. The maximum atomic E-state index is 11.2. The zero-order valence-corrected chi connectivity index (χ0v) is 9.70. The second-order valence-electron chi connectivity index (χ2n) is 2.63. The van der Waals surface area contributed by atoms with E-state index in [1.807, 2.05) is 6.07 Å². The number of hydrogen-bond acceptors (Lipinski definition) is 3. The van der Waals surface area contributed by atoms with E-state index in [1.165, 1.54) is 18.2 Å². The van der Waals surface area contributed by atoms with Gasteiger partial charge in [-0.3, -0.25) is 4.72 Å². The standard InChI is InChI=1S/C8H6Cl2N2O2S/c9-5-15(13,14)12-8-3-7(10)2-1-6(8)4-11/h1-3,12H,5H2. The van der Waals surface area contributed by atoms with Gasteiger partial charge in [0, 0.05) is 5.02 Å². The SMILES string of the molecule is N#Cc1ccc(Cl)cc1NS(=O)(=O)CCl. The summed E-state index contributed by atoms with van der Waals surface area (Å²) in [6.07, 6.45) is 0. The van der Waals surface area contributed by atoms with Crippen LogP contribution in [0.15, 0.2) is 18.2 Å². The van der Waals surface area contributed by atoms with Gasteiger partial charge in [-0.05, 0) is 18.2 Å². The summed E-state index contributed by atoms with van der Waals surface area (Å²) in [4.78, 5) is 0. The molecule has 7 heteroatoms. The lowest BCUT2D eigenvalue weighted by atomic mass is 10.2. The van der Waals surface area contributed by atoms with E-state index < -0.39 is 15.2 Å². The highest BCUT2D eigenvalue weighted by atomic mass is 35.5. The molecule has 0 saturated carbocycles. The number of hydrogen-bond donors (Lipinski definition) is 1. The van der Waals surface area contributed by atoms with Gasteiger partial charge in [0.15, 0.2) is 0 Å². The number of sulfonamides is 1. The molecule has 0 bridgehead atoms. The highest BCUT2D eigenvalue weighted by Gasteiger charge is 2.11. The van der Waals surface area contributed by atoms with Gasteiger partial charge in [-0.2, -0.15) is 5.26 Å². The topological polar surface area (TPSA) is 70.0 Å². The molecule has 0 aliphatic heterocycles. The molecule has 4 nitrogen and oxygen atoms in total.